The summed E-state index contributed by atoms with van der Waals surface area (Å²) in [6, 6.07) is 12.4. The predicted molar refractivity (Wildman–Crippen MR) is 130 cm³/mol. The molecule has 1 saturated carbocycles. The smallest absolute Gasteiger partial charge is 0.203 e. The fourth-order valence-electron chi connectivity index (χ4n) is 4.32. The molecule has 0 spiro atoms. The number of methoxy groups -OCH3 is 4. The van der Waals surface area contributed by atoms with Gasteiger partial charge in [-0.15, -0.1) is 10.2 Å². The van der Waals surface area contributed by atoms with E-state index in [0.717, 1.165) is 40.9 Å². The van der Waals surface area contributed by atoms with E-state index in [-0.39, 0.29) is 0 Å². The molecule has 1 aromatic heterocycles. The molecule has 0 bridgehead atoms. The van der Waals surface area contributed by atoms with E-state index in [1.54, 1.807) is 40.2 Å². The van der Waals surface area contributed by atoms with Crippen LogP contribution in [0.5, 0.6) is 23.0 Å². The van der Waals surface area contributed by atoms with Crippen molar-refractivity contribution in [3.63, 3.8) is 0 Å². The average molecular weight is 470 g/mol. The lowest BCUT2D eigenvalue weighted by Crippen LogP contribution is -2.15. The Morgan fingerprint density at radius 1 is 0.848 bits per heavy atom. The summed E-state index contributed by atoms with van der Waals surface area (Å²) in [5, 5.41) is 10.2. The van der Waals surface area contributed by atoms with E-state index in [2.05, 4.69) is 26.9 Å². The lowest BCUT2D eigenvalue weighted by Gasteiger charge is -2.26. The molecule has 1 aliphatic carbocycles. The monoisotopic (exact) mass is 469 g/mol. The SMILES string of the molecule is COc1ccc(CSc2nnc(-c3cc(OC)c(OC)c(OC)c3)n2C2CCCCC2)cc1. The molecule has 33 heavy (non-hydrogen) atoms. The van der Waals surface area contributed by atoms with Gasteiger partial charge in [-0.1, -0.05) is 43.2 Å². The summed E-state index contributed by atoms with van der Waals surface area (Å²) in [5.41, 5.74) is 2.12. The zero-order chi connectivity index (χ0) is 23.2. The molecular formula is C25H31N3O4S. The van der Waals surface area contributed by atoms with Gasteiger partial charge >= 0.3 is 0 Å². The van der Waals surface area contributed by atoms with Crippen molar-refractivity contribution in [1.82, 2.24) is 14.8 Å². The van der Waals surface area contributed by atoms with Crippen LogP contribution in [0, 0.1) is 0 Å². The van der Waals surface area contributed by atoms with Crippen molar-refractivity contribution in [2.45, 2.75) is 49.1 Å². The number of hydrogen-bond donors (Lipinski definition) is 0. The molecule has 2 aromatic carbocycles. The van der Waals surface area contributed by atoms with Gasteiger partial charge in [-0.2, -0.15) is 0 Å². The minimum absolute atomic E-state index is 0.376. The van der Waals surface area contributed by atoms with Crippen molar-refractivity contribution < 1.29 is 18.9 Å². The van der Waals surface area contributed by atoms with E-state index in [4.69, 9.17) is 18.9 Å². The van der Waals surface area contributed by atoms with Crippen LogP contribution in [-0.4, -0.2) is 43.2 Å². The molecule has 8 heteroatoms. The van der Waals surface area contributed by atoms with Crippen LogP contribution in [0.3, 0.4) is 0 Å². The van der Waals surface area contributed by atoms with Crippen LogP contribution in [0.4, 0.5) is 0 Å². The van der Waals surface area contributed by atoms with Crippen LogP contribution < -0.4 is 18.9 Å². The van der Waals surface area contributed by atoms with Gasteiger partial charge in [-0.3, -0.25) is 4.57 Å². The van der Waals surface area contributed by atoms with Crippen LogP contribution in [0.25, 0.3) is 11.4 Å². The Morgan fingerprint density at radius 2 is 1.52 bits per heavy atom. The summed E-state index contributed by atoms with van der Waals surface area (Å²) in [6.07, 6.45) is 5.99. The van der Waals surface area contributed by atoms with Crippen LogP contribution in [0.15, 0.2) is 41.6 Å². The Hall–Kier alpha value is -2.87. The van der Waals surface area contributed by atoms with Gasteiger partial charge in [-0.25, -0.2) is 0 Å². The Morgan fingerprint density at radius 3 is 2.09 bits per heavy atom. The molecule has 0 amide bonds. The first kappa shape index (κ1) is 23.3. The number of rotatable bonds is 9. The minimum atomic E-state index is 0.376. The summed E-state index contributed by atoms with van der Waals surface area (Å²) in [5.74, 6) is 4.29. The highest BCUT2D eigenvalue weighted by Crippen LogP contribution is 2.43. The minimum Gasteiger partial charge on any atom is -0.497 e. The number of hydrogen-bond acceptors (Lipinski definition) is 7. The third kappa shape index (κ3) is 5.05. The Kier molecular flexibility index (Phi) is 7.65. The maximum Gasteiger partial charge on any atom is 0.203 e. The first-order chi connectivity index (χ1) is 16.2. The topological polar surface area (TPSA) is 67.6 Å². The van der Waals surface area contributed by atoms with Crippen LogP contribution in [0.2, 0.25) is 0 Å². The summed E-state index contributed by atoms with van der Waals surface area (Å²) in [4.78, 5) is 0. The summed E-state index contributed by atoms with van der Waals surface area (Å²) >= 11 is 1.71. The normalized spacial score (nSPS) is 14.2. The largest absolute Gasteiger partial charge is 0.497 e. The summed E-state index contributed by atoms with van der Waals surface area (Å²) in [6.45, 7) is 0. The molecule has 4 rings (SSSR count). The average Bonchev–Trinajstić information content (AvgIpc) is 3.31. The van der Waals surface area contributed by atoms with Crippen molar-refractivity contribution in [2.75, 3.05) is 28.4 Å². The van der Waals surface area contributed by atoms with Crippen molar-refractivity contribution in [3.05, 3.63) is 42.0 Å². The third-order valence-electron chi connectivity index (χ3n) is 6.05. The molecule has 176 valence electrons. The lowest BCUT2D eigenvalue weighted by atomic mass is 9.95. The van der Waals surface area contributed by atoms with Gasteiger partial charge in [0.15, 0.2) is 22.5 Å². The fourth-order valence-corrected chi connectivity index (χ4v) is 5.28. The second kappa shape index (κ2) is 10.8. The lowest BCUT2D eigenvalue weighted by molar-refractivity contribution is 0.324. The zero-order valence-corrected chi connectivity index (χ0v) is 20.5. The maximum atomic E-state index is 5.58. The number of benzene rings is 2. The van der Waals surface area contributed by atoms with Gasteiger partial charge < -0.3 is 18.9 Å². The van der Waals surface area contributed by atoms with E-state index in [1.165, 1.54) is 24.8 Å². The van der Waals surface area contributed by atoms with E-state index in [9.17, 15) is 0 Å². The Bertz CT molecular complexity index is 1040. The third-order valence-corrected chi connectivity index (χ3v) is 7.07. The number of thioether (sulfide) groups is 1. The Labute approximate surface area is 199 Å². The van der Waals surface area contributed by atoms with Gasteiger partial charge in [0, 0.05) is 17.4 Å². The van der Waals surface area contributed by atoms with Crippen LogP contribution in [0.1, 0.15) is 43.7 Å². The Balaban J connectivity index is 1.70. The fraction of sp³-hybridized carbons (Fsp3) is 0.440. The van der Waals surface area contributed by atoms with Crippen LogP contribution >= 0.6 is 11.8 Å². The van der Waals surface area contributed by atoms with Gasteiger partial charge in [-0.05, 0) is 42.7 Å². The number of aromatic nitrogens is 3. The number of nitrogens with zero attached hydrogens (tertiary/aromatic N) is 3. The maximum absolute atomic E-state index is 5.58. The van der Waals surface area contributed by atoms with Gasteiger partial charge in [0.2, 0.25) is 5.75 Å². The van der Waals surface area contributed by atoms with Crippen molar-refractivity contribution >= 4 is 11.8 Å². The van der Waals surface area contributed by atoms with Crippen molar-refractivity contribution in [3.8, 4) is 34.4 Å². The second-order valence-corrected chi connectivity index (χ2v) is 8.96. The first-order valence-corrected chi connectivity index (χ1v) is 12.2. The molecule has 0 N–H and O–H groups in total. The number of ether oxygens (including phenoxy) is 4. The highest BCUT2D eigenvalue weighted by atomic mass is 32.2. The van der Waals surface area contributed by atoms with Gasteiger partial charge in [0.25, 0.3) is 0 Å². The highest BCUT2D eigenvalue weighted by molar-refractivity contribution is 7.98. The molecular weight excluding hydrogens is 438 g/mol. The highest BCUT2D eigenvalue weighted by Gasteiger charge is 2.25. The zero-order valence-electron chi connectivity index (χ0n) is 19.7. The van der Waals surface area contributed by atoms with Crippen LogP contribution in [-0.2, 0) is 5.75 Å². The molecule has 0 atom stereocenters. The quantitative estimate of drug-likeness (QED) is 0.368. The molecule has 3 aromatic rings. The molecule has 1 fully saturated rings. The molecule has 7 nitrogen and oxygen atoms in total. The second-order valence-electron chi connectivity index (χ2n) is 8.02. The van der Waals surface area contributed by atoms with Gasteiger partial charge in [0.05, 0.1) is 28.4 Å². The van der Waals surface area contributed by atoms with Crippen molar-refractivity contribution in [2.24, 2.45) is 0 Å². The van der Waals surface area contributed by atoms with E-state index >= 15 is 0 Å². The standard InChI is InChI=1S/C25H31N3O4S/c1-29-20-12-10-17(11-13-20)16-33-25-27-26-24(28(25)19-8-6-5-7-9-19)18-14-21(30-2)23(32-4)22(15-18)31-3/h10-15,19H,5-9,16H2,1-4H3. The van der Waals surface area contributed by atoms with E-state index in [0.29, 0.717) is 23.3 Å². The summed E-state index contributed by atoms with van der Waals surface area (Å²) < 4.78 is 24.2. The molecule has 0 unspecified atom stereocenters. The van der Waals surface area contributed by atoms with Gasteiger partial charge in [0.1, 0.15) is 5.75 Å². The molecule has 1 aliphatic rings. The molecule has 1 heterocycles. The summed E-state index contributed by atoms with van der Waals surface area (Å²) in [7, 11) is 6.55. The predicted octanol–water partition coefficient (Wildman–Crippen LogP) is 5.78. The molecule has 0 saturated heterocycles. The van der Waals surface area contributed by atoms with Crippen molar-refractivity contribution in [1.29, 1.82) is 0 Å². The molecule has 0 aliphatic heterocycles. The first-order valence-electron chi connectivity index (χ1n) is 11.2. The van der Waals surface area contributed by atoms with E-state index in [1.807, 2.05) is 24.3 Å². The van der Waals surface area contributed by atoms with E-state index < -0.39 is 0 Å². The molecule has 0 radical (unpaired) electrons.